The van der Waals surface area contributed by atoms with Crippen molar-refractivity contribution in [1.29, 1.82) is 0 Å². The van der Waals surface area contributed by atoms with Gasteiger partial charge in [-0.15, -0.1) is 0 Å². The van der Waals surface area contributed by atoms with Crippen molar-refractivity contribution in [1.82, 2.24) is 4.90 Å². The second kappa shape index (κ2) is 7.68. The Hall–Kier alpha value is -1.55. The largest absolute Gasteiger partial charge is 0.448 e. The van der Waals surface area contributed by atoms with Gasteiger partial charge in [0.1, 0.15) is 6.61 Å². The number of nitrogens with zero attached hydrogens (tertiary/aromatic N) is 1. The Morgan fingerprint density at radius 2 is 1.88 bits per heavy atom. The lowest BCUT2D eigenvalue weighted by Crippen LogP contribution is -2.28. The van der Waals surface area contributed by atoms with E-state index in [-0.39, 0.29) is 0 Å². The zero-order valence-electron chi connectivity index (χ0n) is 10.5. The monoisotopic (exact) mass is 236 g/mol. The van der Waals surface area contributed by atoms with Crippen molar-refractivity contribution in [3.05, 3.63) is 30.3 Å². The van der Waals surface area contributed by atoms with E-state index in [1.165, 1.54) is 0 Å². The zero-order valence-corrected chi connectivity index (χ0v) is 10.5. The summed E-state index contributed by atoms with van der Waals surface area (Å²) in [5.41, 5.74) is 0.750. The number of hydrogen-bond donors (Lipinski definition) is 1. The molecule has 0 aliphatic heterocycles. The summed E-state index contributed by atoms with van der Waals surface area (Å²) in [5, 5.41) is 2.67. The van der Waals surface area contributed by atoms with Gasteiger partial charge in [0.15, 0.2) is 0 Å². The number of hydrogen-bond acceptors (Lipinski definition) is 3. The summed E-state index contributed by atoms with van der Waals surface area (Å²) in [6, 6.07) is 9.28. The number of para-hydroxylation sites is 1. The summed E-state index contributed by atoms with van der Waals surface area (Å²) < 4.78 is 5.09. The van der Waals surface area contributed by atoms with Gasteiger partial charge in [-0.05, 0) is 25.2 Å². The van der Waals surface area contributed by atoms with Crippen LogP contribution in [0.5, 0.6) is 0 Å². The number of amides is 1. The average Bonchev–Trinajstić information content (AvgIpc) is 2.36. The van der Waals surface area contributed by atoms with Crippen molar-refractivity contribution in [3.63, 3.8) is 0 Å². The molecule has 0 bridgehead atoms. The maximum atomic E-state index is 11.4. The zero-order chi connectivity index (χ0) is 12.5. The molecule has 1 aromatic carbocycles. The first-order valence-electron chi connectivity index (χ1n) is 5.97. The lowest BCUT2D eigenvalue weighted by molar-refractivity contribution is 0.142. The van der Waals surface area contributed by atoms with E-state index in [1.54, 1.807) is 0 Å². The molecule has 4 heteroatoms. The number of carbonyl (C=O) groups excluding carboxylic acids is 1. The minimum absolute atomic E-state index is 0.400. The Morgan fingerprint density at radius 1 is 1.24 bits per heavy atom. The molecule has 17 heavy (non-hydrogen) atoms. The summed E-state index contributed by atoms with van der Waals surface area (Å²) in [4.78, 5) is 13.6. The molecule has 4 nitrogen and oxygen atoms in total. The van der Waals surface area contributed by atoms with Gasteiger partial charge in [0.25, 0.3) is 0 Å². The Balaban J connectivity index is 2.22. The van der Waals surface area contributed by atoms with E-state index in [2.05, 4.69) is 24.1 Å². The van der Waals surface area contributed by atoms with E-state index >= 15 is 0 Å². The van der Waals surface area contributed by atoms with Crippen LogP contribution >= 0.6 is 0 Å². The molecule has 0 saturated carbocycles. The van der Waals surface area contributed by atoms with Gasteiger partial charge in [0.05, 0.1) is 0 Å². The van der Waals surface area contributed by atoms with Gasteiger partial charge in [-0.25, -0.2) is 4.79 Å². The first kappa shape index (κ1) is 13.5. The Bertz CT molecular complexity index is 323. The normalized spacial score (nSPS) is 10.3. The first-order chi connectivity index (χ1) is 8.26. The highest BCUT2D eigenvalue weighted by atomic mass is 16.5. The van der Waals surface area contributed by atoms with Gasteiger partial charge in [0, 0.05) is 12.2 Å². The molecule has 1 N–H and O–H groups in total. The molecule has 0 fully saturated rings. The molecule has 0 aliphatic carbocycles. The minimum Gasteiger partial charge on any atom is -0.448 e. The summed E-state index contributed by atoms with van der Waals surface area (Å²) in [6.07, 6.45) is -0.400. The molecule has 0 atom stereocenters. The van der Waals surface area contributed by atoms with Crippen molar-refractivity contribution in [2.75, 3.05) is 31.6 Å². The maximum Gasteiger partial charge on any atom is 0.411 e. The molecule has 0 radical (unpaired) electrons. The Labute approximate surface area is 103 Å². The number of likely N-dealkylation sites (N-methyl/N-ethyl adjacent to an activating group) is 1. The van der Waals surface area contributed by atoms with E-state index < -0.39 is 6.09 Å². The van der Waals surface area contributed by atoms with Crippen LogP contribution < -0.4 is 5.32 Å². The van der Waals surface area contributed by atoms with Gasteiger partial charge in [-0.3, -0.25) is 5.32 Å². The molecule has 1 aromatic rings. The van der Waals surface area contributed by atoms with E-state index in [0.717, 1.165) is 25.3 Å². The molecule has 0 heterocycles. The molecule has 94 valence electrons. The number of rotatable bonds is 6. The molecule has 0 unspecified atom stereocenters. The lowest BCUT2D eigenvalue weighted by atomic mass is 10.3. The van der Waals surface area contributed by atoms with Gasteiger partial charge in [0.2, 0.25) is 0 Å². The standard InChI is InChI=1S/C13H20N2O2/c1-3-15(4-2)10-11-17-13(16)14-12-8-6-5-7-9-12/h5-9H,3-4,10-11H2,1-2H3,(H,14,16). The molecular formula is C13H20N2O2. The number of nitrogens with one attached hydrogen (secondary N) is 1. The molecular weight excluding hydrogens is 216 g/mol. The van der Waals surface area contributed by atoms with Crippen LogP contribution in [0.15, 0.2) is 30.3 Å². The average molecular weight is 236 g/mol. The Morgan fingerprint density at radius 3 is 2.47 bits per heavy atom. The molecule has 0 aromatic heterocycles. The van der Waals surface area contributed by atoms with Crippen LogP contribution in [-0.2, 0) is 4.74 Å². The Kier molecular flexibility index (Phi) is 6.10. The quantitative estimate of drug-likeness (QED) is 0.825. The first-order valence-corrected chi connectivity index (χ1v) is 5.97. The van der Waals surface area contributed by atoms with Crippen LogP contribution in [0.4, 0.5) is 10.5 Å². The van der Waals surface area contributed by atoms with Gasteiger partial charge >= 0.3 is 6.09 Å². The minimum atomic E-state index is -0.400. The van der Waals surface area contributed by atoms with Gasteiger partial charge < -0.3 is 9.64 Å². The summed E-state index contributed by atoms with van der Waals surface area (Å²) in [6.45, 7) is 7.32. The van der Waals surface area contributed by atoms with Crippen LogP contribution in [0.2, 0.25) is 0 Å². The second-order valence-corrected chi connectivity index (χ2v) is 3.65. The van der Waals surface area contributed by atoms with Crippen molar-refractivity contribution in [3.8, 4) is 0 Å². The number of benzene rings is 1. The van der Waals surface area contributed by atoms with Crippen molar-refractivity contribution in [2.24, 2.45) is 0 Å². The van der Waals surface area contributed by atoms with Crippen LogP contribution in [0.25, 0.3) is 0 Å². The van der Waals surface area contributed by atoms with E-state index in [9.17, 15) is 4.79 Å². The highest BCUT2D eigenvalue weighted by Crippen LogP contribution is 2.05. The smallest absolute Gasteiger partial charge is 0.411 e. The third-order valence-corrected chi connectivity index (χ3v) is 2.56. The highest BCUT2D eigenvalue weighted by Gasteiger charge is 2.04. The molecule has 1 amide bonds. The van der Waals surface area contributed by atoms with Crippen LogP contribution in [0.3, 0.4) is 0 Å². The summed E-state index contributed by atoms with van der Waals surface area (Å²) in [5.74, 6) is 0. The number of carbonyl (C=O) groups is 1. The summed E-state index contributed by atoms with van der Waals surface area (Å²) in [7, 11) is 0. The van der Waals surface area contributed by atoms with Gasteiger partial charge in [-0.2, -0.15) is 0 Å². The van der Waals surface area contributed by atoms with Crippen LogP contribution in [-0.4, -0.2) is 37.2 Å². The predicted octanol–water partition coefficient (Wildman–Crippen LogP) is 2.58. The van der Waals surface area contributed by atoms with Crippen LogP contribution in [0.1, 0.15) is 13.8 Å². The van der Waals surface area contributed by atoms with Crippen molar-refractivity contribution >= 4 is 11.8 Å². The fourth-order valence-electron chi connectivity index (χ4n) is 1.48. The third kappa shape index (κ3) is 5.36. The molecule has 0 saturated heterocycles. The molecule has 0 aliphatic rings. The molecule has 1 rings (SSSR count). The van der Waals surface area contributed by atoms with E-state index in [0.29, 0.717) is 6.61 Å². The maximum absolute atomic E-state index is 11.4. The lowest BCUT2D eigenvalue weighted by Gasteiger charge is -2.17. The van der Waals surface area contributed by atoms with E-state index in [4.69, 9.17) is 4.74 Å². The van der Waals surface area contributed by atoms with E-state index in [1.807, 2.05) is 30.3 Å². The predicted molar refractivity (Wildman–Crippen MR) is 69.2 cm³/mol. The van der Waals surface area contributed by atoms with Crippen molar-refractivity contribution in [2.45, 2.75) is 13.8 Å². The number of ether oxygens (including phenoxy) is 1. The fourth-order valence-corrected chi connectivity index (χ4v) is 1.48. The summed E-state index contributed by atoms with van der Waals surface area (Å²) >= 11 is 0. The third-order valence-electron chi connectivity index (χ3n) is 2.56. The molecule has 0 spiro atoms. The SMILES string of the molecule is CCN(CC)CCOC(=O)Nc1ccccc1. The second-order valence-electron chi connectivity index (χ2n) is 3.65. The number of anilines is 1. The van der Waals surface area contributed by atoms with Crippen molar-refractivity contribution < 1.29 is 9.53 Å². The topological polar surface area (TPSA) is 41.6 Å². The fraction of sp³-hybridized carbons (Fsp3) is 0.462. The highest BCUT2D eigenvalue weighted by molar-refractivity contribution is 5.84. The van der Waals surface area contributed by atoms with Crippen LogP contribution in [0, 0.1) is 0 Å². The van der Waals surface area contributed by atoms with Gasteiger partial charge in [-0.1, -0.05) is 32.0 Å².